The standard InChI is InChI=1S/C30H35N5O5/c1-38-24-10-8-22(9-11-24)30(37)35(20-26-7-4-18-40-26)21-29(36)34-16-14-33(15-17-34)28-13-12-27(31-32-28)23-5-3-6-25(19-23)39-2/h3,5-6,8-13,19,26H,4,7,14-18,20-21H2,1-2H3. The third-order valence-corrected chi connectivity index (χ3v) is 7.37. The monoisotopic (exact) mass is 545 g/mol. The zero-order valence-corrected chi connectivity index (χ0v) is 23.0. The third kappa shape index (κ3) is 6.51. The lowest BCUT2D eigenvalue weighted by atomic mass is 10.1. The first-order valence-corrected chi connectivity index (χ1v) is 13.6. The number of piperazine rings is 1. The minimum absolute atomic E-state index is 0.0137. The second-order valence-corrected chi connectivity index (χ2v) is 9.93. The lowest BCUT2D eigenvalue weighted by Gasteiger charge is -2.36. The highest BCUT2D eigenvalue weighted by Crippen LogP contribution is 2.23. The average molecular weight is 546 g/mol. The maximum atomic E-state index is 13.4. The Hall–Kier alpha value is -4.18. The van der Waals surface area contributed by atoms with Crippen LogP contribution in [0.3, 0.4) is 0 Å². The molecule has 1 unspecified atom stereocenters. The van der Waals surface area contributed by atoms with E-state index in [0.29, 0.717) is 50.6 Å². The lowest BCUT2D eigenvalue weighted by Crippen LogP contribution is -2.52. The molecule has 0 bridgehead atoms. The normalized spacial score (nSPS) is 17.0. The Morgan fingerprint density at radius 2 is 1.73 bits per heavy atom. The highest BCUT2D eigenvalue weighted by atomic mass is 16.5. The number of methoxy groups -OCH3 is 2. The smallest absolute Gasteiger partial charge is 0.254 e. The van der Waals surface area contributed by atoms with Gasteiger partial charge in [-0.2, -0.15) is 0 Å². The summed E-state index contributed by atoms with van der Waals surface area (Å²) in [7, 11) is 3.22. The maximum Gasteiger partial charge on any atom is 0.254 e. The van der Waals surface area contributed by atoms with Gasteiger partial charge in [0.2, 0.25) is 5.91 Å². The summed E-state index contributed by atoms with van der Waals surface area (Å²) in [5.74, 6) is 1.96. The molecule has 2 saturated heterocycles. The molecule has 40 heavy (non-hydrogen) atoms. The number of benzene rings is 2. The highest BCUT2D eigenvalue weighted by Gasteiger charge is 2.29. The van der Waals surface area contributed by atoms with Crippen LogP contribution in [-0.2, 0) is 9.53 Å². The fourth-order valence-corrected chi connectivity index (χ4v) is 5.05. The van der Waals surface area contributed by atoms with Gasteiger partial charge in [-0.25, -0.2) is 0 Å². The van der Waals surface area contributed by atoms with E-state index in [1.165, 1.54) is 0 Å². The molecule has 1 aromatic heterocycles. The zero-order valence-electron chi connectivity index (χ0n) is 23.0. The van der Waals surface area contributed by atoms with Gasteiger partial charge in [0.15, 0.2) is 5.82 Å². The van der Waals surface area contributed by atoms with Crippen molar-refractivity contribution in [3.8, 4) is 22.8 Å². The van der Waals surface area contributed by atoms with Crippen LogP contribution in [0.15, 0.2) is 60.7 Å². The van der Waals surface area contributed by atoms with Crippen molar-refractivity contribution in [1.82, 2.24) is 20.0 Å². The molecule has 1 atom stereocenters. The molecular formula is C30H35N5O5. The molecule has 2 aromatic carbocycles. The maximum absolute atomic E-state index is 13.4. The van der Waals surface area contributed by atoms with Crippen LogP contribution in [-0.4, -0.2) is 98.0 Å². The second kappa shape index (κ2) is 12.8. The first kappa shape index (κ1) is 27.4. The van der Waals surface area contributed by atoms with Gasteiger partial charge >= 0.3 is 0 Å². The Morgan fingerprint density at radius 1 is 0.950 bits per heavy atom. The fourth-order valence-electron chi connectivity index (χ4n) is 5.05. The summed E-state index contributed by atoms with van der Waals surface area (Å²) < 4.78 is 16.3. The number of nitrogens with zero attached hydrogens (tertiary/aromatic N) is 5. The molecule has 2 amide bonds. The number of ether oxygens (including phenoxy) is 3. The number of carbonyl (C=O) groups excluding carboxylic acids is 2. The number of anilines is 1. The molecule has 0 saturated carbocycles. The van der Waals surface area contributed by atoms with Gasteiger partial charge in [-0.1, -0.05) is 12.1 Å². The number of hydrogen-bond acceptors (Lipinski definition) is 8. The SMILES string of the molecule is COc1ccc(C(=O)N(CC(=O)N2CCN(c3ccc(-c4cccc(OC)c4)nn3)CC2)CC2CCCO2)cc1. The molecule has 3 aromatic rings. The molecule has 5 rings (SSSR count). The summed E-state index contributed by atoms with van der Waals surface area (Å²) in [6.45, 7) is 3.46. The van der Waals surface area contributed by atoms with E-state index in [0.717, 1.165) is 35.7 Å². The van der Waals surface area contributed by atoms with Gasteiger partial charge in [0.1, 0.15) is 18.0 Å². The molecule has 10 nitrogen and oxygen atoms in total. The van der Waals surface area contributed by atoms with Crippen molar-refractivity contribution in [3.63, 3.8) is 0 Å². The molecule has 2 aliphatic rings. The van der Waals surface area contributed by atoms with E-state index in [4.69, 9.17) is 14.2 Å². The van der Waals surface area contributed by atoms with Crippen LogP contribution in [0.1, 0.15) is 23.2 Å². The number of hydrogen-bond donors (Lipinski definition) is 0. The Labute approximate surface area is 234 Å². The van der Waals surface area contributed by atoms with Crippen LogP contribution in [0.25, 0.3) is 11.3 Å². The van der Waals surface area contributed by atoms with Crippen LogP contribution in [0.2, 0.25) is 0 Å². The Bertz CT molecular complexity index is 1290. The summed E-state index contributed by atoms with van der Waals surface area (Å²) in [4.78, 5) is 32.3. The molecule has 10 heteroatoms. The largest absolute Gasteiger partial charge is 0.497 e. The predicted octanol–water partition coefficient (Wildman–Crippen LogP) is 3.13. The van der Waals surface area contributed by atoms with Crippen molar-refractivity contribution in [2.75, 3.05) is 65.0 Å². The lowest BCUT2D eigenvalue weighted by molar-refractivity contribution is -0.132. The van der Waals surface area contributed by atoms with E-state index in [9.17, 15) is 9.59 Å². The quantitative estimate of drug-likeness (QED) is 0.405. The molecule has 0 N–H and O–H groups in total. The molecule has 2 fully saturated rings. The van der Waals surface area contributed by atoms with Crippen LogP contribution < -0.4 is 14.4 Å². The van der Waals surface area contributed by atoms with Gasteiger partial charge in [-0.3, -0.25) is 9.59 Å². The molecule has 3 heterocycles. The van der Waals surface area contributed by atoms with Gasteiger partial charge in [-0.15, -0.1) is 10.2 Å². The van der Waals surface area contributed by atoms with Gasteiger partial charge in [-0.05, 0) is 61.4 Å². The first-order chi connectivity index (χ1) is 19.5. The van der Waals surface area contributed by atoms with Crippen molar-refractivity contribution in [3.05, 3.63) is 66.2 Å². The molecule has 210 valence electrons. The minimum Gasteiger partial charge on any atom is -0.497 e. The highest BCUT2D eigenvalue weighted by molar-refractivity contribution is 5.96. The predicted molar refractivity (Wildman–Crippen MR) is 151 cm³/mol. The molecular weight excluding hydrogens is 510 g/mol. The number of aromatic nitrogens is 2. The third-order valence-electron chi connectivity index (χ3n) is 7.37. The summed E-state index contributed by atoms with van der Waals surface area (Å²) >= 11 is 0. The van der Waals surface area contributed by atoms with Crippen molar-refractivity contribution in [1.29, 1.82) is 0 Å². The summed E-state index contributed by atoms with van der Waals surface area (Å²) in [5, 5.41) is 8.84. The second-order valence-electron chi connectivity index (χ2n) is 9.93. The molecule has 2 aliphatic heterocycles. The van der Waals surface area contributed by atoms with Crippen molar-refractivity contribution < 1.29 is 23.8 Å². The van der Waals surface area contributed by atoms with E-state index in [2.05, 4.69) is 15.1 Å². The van der Waals surface area contributed by atoms with E-state index in [-0.39, 0.29) is 24.5 Å². The fraction of sp³-hybridized carbons (Fsp3) is 0.400. The first-order valence-electron chi connectivity index (χ1n) is 13.6. The summed E-state index contributed by atoms with van der Waals surface area (Å²) in [6, 6.07) is 18.6. The van der Waals surface area contributed by atoms with E-state index >= 15 is 0 Å². The summed E-state index contributed by atoms with van der Waals surface area (Å²) in [5.41, 5.74) is 2.22. The number of rotatable bonds is 9. The Balaban J connectivity index is 1.19. The van der Waals surface area contributed by atoms with Crippen molar-refractivity contribution in [2.24, 2.45) is 0 Å². The number of amides is 2. The molecule has 0 radical (unpaired) electrons. The van der Waals surface area contributed by atoms with E-state index in [1.807, 2.05) is 41.3 Å². The van der Waals surface area contributed by atoms with E-state index < -0.39 is 0 Å². The topological polar surface area (TPSA) is 97.3 Å². The van der Waals surface area contributed by atoms with E-state index in [1.54, 1.807) is 43.4 Å². The van der Waals surface area contributed by atoms with Crippen LogP contribution in [0.4, 0.5) is 5.82 Å². The molecule has 0 spiro atoms. The summed E-state index contributed by atoms with van der Waals surface area (Å²) in [6.07, 6.45) is 1.80. The van der Waals surface area contributed by atoms with Crippen LogP contribution in [0, 0.1) is 0 Å². The van der Waals surface area contributed by atoms with Crippen molar-refractivity contribution >= 4 is 17.6 Å². The Morgan fingerprint density at radius 3 is 2.38 bits per heavy atom. The van der Waals surface area contributed by atoms with Gasteiger partial charge in [0, 0.05) is 50.5 Å². The zero-order chi connectivity index (χ0) is 27.9. The Kier molecular flexibility index (Phi) is 8.75. The number of carbonyl (C=O) groups is 2. The van der Waals surface area contributed by atoms with Crippen LogP contribution in [0.5, 0.6) is 11.5 Å². The van der Waals surface area contributed by atoms with Crippen molar-refractivity contribution in [2.45, 2.75) is 18.9 Å². The average Bonchev–Trinajstić information content (AvgIpc) is 3.54. The molecule has 0 aliphatic carbocycles. The minimum atomic E-state index is -0.184. The van der Waals surface area contributed by atoms with Gasteiger partial charge < -0.3 is 28.9 Å². The van der Waals surface area contributed by atoms with Gasteiger partial charge in [0.25, 0.3) is 5.91 Å². The van der Waals surface area contributed by atoms with Crippen LogP contribution >= 0.6 is 0 Å². The van der Waals surface area contributed by atoms with Gasteiger partial charge in [0.05, 0.1) is 26.0 Å².